The van der Waals surface area contributed by atoms with Crippen LogP contribution in [0.1, 0.15) is 0 Å². The number of rotatable bonds is 0. The third-order valence-corrected chi connectivity index (χ3v) is 1.57. The zero-order chi connectivity index (χ0) is 7.30. The Morgan fingerprint density at radius 1 is 1.00 bits per heavy atom. The second-order valence-electron chi connectivity index (χ2n) is 2.12. The van der Waals surface area contributed by atoms with Gasteiger partial charge in [0, 0.05) is 0 Å². The highest BCUT2D eigenvalue weighted by molar-refractivity contribution is 6.19. The van der Waals surface area contributed by atoms with Crippen LogP contribution >= 0.6 is 0 Å². The molecule has 0 aromatic rings. The van der Waals surface area contributed by atoms with E-state index in [1.54, 1.807) is 0 Å². The lowest BCUT2D eigenvalue weighted by Crippen LogP contribution is -3.00. The summed E-state index contributed by atoms with van der Waals surface area (Å²) in [5.41, 5.74) is -0.292. The van der Waals surface area contributed by atoms with E-state index in [1.165, 1.54) is 12.2 Å². The van der Waals surface area contributed by atoms with Crippen molar-refractivity contribution in [1.29, 1.82) is 0 Å². The van der Waals surface area contributed by atoms with Crippen LogP contribution in [0.4, 0.5) is 8.78 Å². The summed E-state index contributed by atoms with van der Waals surface area (Å²) in [5.74, 6) is -2.56. The molecule has 0 aromatic carbocycles. The molecule has 0 N–H and O–H groups in total. The molecule has 0 fully saturated rings. The van der Waals surface area contributed by atoms with Gasteiger partial charge in [0.05, 0.1) is 11.1 Å². The third kappa shape index (κ3) is 0.775. The molecular weight excluding hydrogens is 174 g/mol. The maximum atomic E-state index is 12.4. The predicted molar refractivity (Wildman–Crippen MR) is 30.4 cm³/mol. The van der Waals surface area contributed by atoms with Gasteiger partial charge in [-0.2, -0.15) is 0 Å². The van der Waals surface area contributed by atoms with E-state index >= 15 is 0 Å². The first-order valence-corrected chi connectivity index (χ1v) is 2.74. The topological polar surface area (TPSA) is 17.1 Å². The summed E-state index contributed by atoms with van der Waals surface area (Å²) in [6.45, 7) is 0. The van der Waals surface area contributed by atoms with Gasteiger partial charge in [-0.05, 0) is 12.2 Å². The van der Waals surface area contributed by atoms with Crippen LogP contribution in [-0.2, 0) is 4.79 Å². The molecule has 0 aromatic heterocycles. The zero-order valence-corrected chi connectivity index (χ0v) is 5.95. The quantitative estimate of drug-likeness (QED) is 0.442. The molecule has 0 radical (unpaired) electrons. The van der Waals surface area contributed by atoms with E-state index in [0.717, 1.165) is 0 Å². The van der Waals surface area contributed by atoms with Gasteiger partial charge < -0.3 is 12.4 Å². The first-order valence-electron chi connectivity index (χ1n) is 2.74. The maximum absolute atomic E-state index is 12.4. The zero-order valence-electron chi connectivity index (χ0n) is 5.20. The Balaban J connectivity index is 0.000000605. The van der Waals surface area contributed by atoms with Gasteiger partial charge in [0.1, 0.15) is 0 Å². The van der Waals surface area contributed by atoms with Crippen LogP contribution in [0.3, 0.4) is 0 Å². The number of hydrogen-bond donors (Lipinski definition) is 0. The molecular formula is C7H2ClF2O-. The fourth-order valence-electron chi connectivity index (χ4n) is 1.05. The molecule has 0 spiro atoms. The van der Waals surface area contributed by atoms with Gasteiger partial charge >= 0.3 is 0 Å². The van der Waals surface area contributed by atoms with Crippen molar-refractivity contribution in [3.8, 4) is 0 Å². The van der Waals surface area contributed by atoms with Crippen molar-refractivity contribution in [1.82, 2.24) is 0 Å². The Bertz CT molecular complexity index is 295. The highest BCUT2D eigenvalue weighted by Gasteiger charge is 2.34. The van der Waals surface area contributed by atoms with Crippen LogP contribution in [0, 0.1) is 0 Å². The van der Waals surface area contributed by atoms with E-state index in [4.69, 9.17) is 0 Å². The molecule has 0 unspecified atom stereocenters. The number of halogens is 3. The Morgan fingerprint density at radius 3 is 1.55 bits per heavy atom. The number of allylic oxidation sites excluding steroid dienone is 6. The van der Waals surface area contributed by atoms with Crippen LogP contribution in [0.5, 0.6) is 0 Å². The van der Waals surface area contributed by atoms with Crippen molar-refractivity contribution in [2.75, 3.05) is 0 Å². The monoisotopic (exact) mass is 175 g/mol. The van der Waals surface area contributed by atoms with Crippen molar-refractivity contribution >= 4 is 5.78 Å². The summed E-state index contributed by atoms with van der Waals surface area (Å²) >= 11 is 0. The Hall–Kier alpha value is -0.960. The number of hydrogen-bond acceptors (Lipinski definition) is 1. The smallest absolute Gasteiger partial charge is 0.199 e. The van der Waals surface area contributed by atoms with Crippen molar-refractivity contribution in [3.05, 3.63) is 35.0 Å². The summed E-state index contributed by atoms with van der Waals surface area (Å²) in [5, 5.41) is 0. The lowest BCUT2D eigenvalue weighted by atomic mass is 10.2. The van der Waals surface area contributed by atoms with Gasteiger partial charge in [-0.15, -0.1) is 0 Å². The van der Waals surface area contributed by atoms with Gasteiger partial charge in [0.15, 0.2) is 17.4 Å². The van der Waals surface area contributed by atoms with E-state index in [0.29, 0.717) is 0 Å². The number of Topliss-reactive ketones (excluding diaryl/α,β-unsaturated/α-hetero) is 1. The van der Waals surface area contributed by atoms with E-state index in [-0.39, 0.29) is 23.6 Å². The molecule has 2 aliphatic carbocycles. The van der Waals surface area contributed by atoms with Crippen LogP contribution < -0.4 is 12.4 Å². The number of carbonyl (C=O) groups is 1. The normalized spacial score (nSPS) is 20.0. The highest BCUT2D eigenvalue weighted by Crippen LogP contribution is 2.37. The van der Waals surface area contributed by atoms with Crippen molar-refractivity contribution < 1.29 is 26.0 Å². The van der Waals surface area contributed by atoms with Crippen LogP contribution in [-0.4, -0.2) is 5.78 Å². The van der Waals surface area contributed by atoms with Gasteiger partial charge in [-0.3, -0.25) is 4.79 Å². The SMILES string of the molecule is O=C1C2=C(F)C(F)=C1C=C2.[Cl-]. The Kier molecular flexibility index (Phi) is 1.68. The summed E-state index contributed by atoms with van der Waals surface area (Å²) < 4.78 is 24.9. The van der Waals surface area contributed by atoms with E-state index in [9.17, 15) is 13.6 Å². The second-order valence-corrected chi connectivity index (χ2v) is 2.12. The second kappa shape index (κ2) is 2.27. The molecule has 0 amide bonds. The van der Waals surface area contributed by atoms with Crippen LogP contribution in [0.25, 0.3) is 0 Å². The van der Waals surface area contributed by atoms with E-state index < -0.39 is 17.4 Å². The standard InChI is InChI=1S/C7H2F2O.ClH/c8-5-3-1-2-4(6(5)9)7(3)10;/h1-2H;1H/p-1. The predicted octanol–water partition coefficient (Wildman–Crippen LogP) is -1.41. The van der Waals surface area contributed by atoms with Gasteiger partial charge in [0.2, 0.25) is 0 Å². The molecule has 0 saturated heterocycles. The lowest BCUT2D eigenvalue weighted by molar-refractivity contribution is -0.111. The minimum atomic E-state index is -1.01. The molecule has 11 heavy (non-hydrogen) atoms. The largest absolute Gasteiger partial charge is 1.00 e. The molecule has 2 bridgehead atoms. The van der Waals surface area contributed by atoms with E-state index in [2.05, 4.69) is 0 Å². The first kappa shape index (κ1) is 8.14. The molecule has 1 nitrogen and oxygen atoms in total. The molecule has 0 saturated carbocycles. The molecule has 0 heterocycles. The molecule has 2 rings (SSSR count). The van der Waals surface area contributed by atoms with Gasteiger partial charge in [-0.1, -0.05) is 0 Å². The minimum absolute atomic E-state index is 0. The molecule has 0 atom stereocenters. The number of carbonyl (C=O) groups excluding carboxylic acids is 1. The number of fused-ring (bicyclic) bond motifs is 2. The van der Waals surface area contributed by atoms with Crippen molar-refractivity contribution in [2.45, 2.75) is 0 Å². The van der Waals surface area contributed by atoms with Crippen molar-refractivity contribution in [2.24, 2.45) is 0 Å². The van der Waals surface area contributed by atoms with Gasteiger partial charge in [0.25, 0.3) is 0 Å². The Morgan fingerprint density at radius 2 is 1.36 bits per heavy atom. The fourth-order valence-corrected chi connectivity index (χ4v) is 1.05. The first-order chi connectivity index (χ1) is 4.72. The highest BCUT2D eigenvalue weighted by atomic mass is 35.5. The third-order valence-electron chi connectivity index (χ3n) is 1.57. The lowest BCUT2D eigenvalue weighted by Gasteiger charge is -1.89. The van der Waals surface area contributed by atoms with Crippen LogP contribution in [0.15, 0.2) is 35.0 Å². The van der Waals surface area contributed by atoms with Crippen molar-refractivity contribution in [3.63, 3.8) is 0 Å². The summed E-state index contributed by atoms with van der Waals surface area (Å²) in [6.07, 6.45) is 2.58. The summed E-state index contributed by atoms with van der Waals surface area (Å²) in [4.78, 5) is 10.7. The van der Waals surface area contributed by atoms with E-state index in [1.807, 2.05) is 0 Å². The van der Waals surface area contributed by atoms with Crippen LogP contribution in [0.2, 0.25) is 0 Å². The van der Waals surface area contributed by atoms with Gasteiger partial charge in [-0.25, -0.2) is 8.78 Å². The average Bonchev–Trinajstić information content (AvgIpc) is 2.34. The summed E-state index contributed by atoms with van der Waals surface area (Å²) in [6, 6.07) is 0. The molecule has 0 aliphatic heterocycles. The number of ketones is 1. The molecule has 58 valence electrons. The average molecular weight is 176 g/mol. The molecule has 4 heteroatoms. The minimum Gasteiger partial charge on any atom is -1.00 e. The Labute approximate surface area is 67.5 Å². The summed E-state index contributed by atoms with van der Waals surface area (Å²) in [7, 11) is 0. The fraction of sp³-hybridized carbons (Fsp3) is 0. The molecule has 2 aliphatic rings. The maximum Gasteiger partial charge on any atom is 0.199 e.